The Morgan fingerprint density at radius 1 is 0.486 bits per heavy atom. The molecule has 0 spiro atoms. The SMILES string of the molecule is CCCCC/C=C\C/C=C\CCCCCCCC(=O)NC(COC1OC(CO)C(OC2OC(CO)C(O)C(O)C2O)C(O)C1O)C(O)/C=C/CCCCCCCCCCCCCCCCCCCCCCCCC. The molecule has 2 aliphatic rings. The van der Waals surface area contributed by atoms with Crippen LogP contribution in [0.1, 0.15) is 245 Å². The van der Waals surface area contributed by atoms with Crippen molar-refractivity contribution in [3.63, 3.8) is 0 Å². The van der Waals surface area contributed by atoms with Gasteiger partial charge in [0.05, 0.1) is 32.0 Å². The smallest absolute Gasteiger partial charge is 0.220 e. The number of unbranched alkanes of at least 4 members (excludes halogenated alkanes) is 31. The maximum absolute atomic E-state index is 13.2. The second-order valence-electron chi connectivity index (χ2n) is 21.5. The molecule has 2 aliphatic heterocycles. The highest BCUT2D eigenvalue weighted by Crippen LogP contribution is 2.30. The van der Waals surface area contributed by atoms with Gasteiger partial charge in [0.15, 0.2) is 12.6 Å². The molecule has 0 radical (unpaired) electrons. The minimum absolute atomic E-state index is 0.252. The highest BCUT2D eigenvalue weighted by atomic mass is 16.7. The third-order valence-electron chi connectivity index (χ3n) is 14.8. The first kappa shape index (κ1) is 68.3. The van der Waals surface area contributed by atoms with Crippen molar-refractivity contribution in [1.82, 2.24) is 5.32 Å². The van der Waals surface area contributed by atoms with Crippen LogP contribution in [-0.2, 0) is 23.7 Å². The number of carbonyl (C=O) groups is 1. The molecule has 14 nitrogen and oxygen atoms in total. The lowest BCUT2D eigenvalue weighted by atomic mass is 9.97. The molecule has 14 heteroatoms. The predicted octanol–water partition coefficient (Wildman–Crippen LogP) is 10.2. The summed E-state index contributed by atoms with van der Waals surface area (Å²) >= 11 is 0. The summed E-state index contributed by atoms with van der Waals surface area (Å²) in [7, 11) is 0. The van der Waals surface area contributed by atoms with Crippen LogP contribution in [0.5, 0.6) is 0 Å². The summed E-state index contributed by atoms with van der Waals surface area (Å²) in [5.41, 5.74) is 0. The molecule has 1 amide bonds. The number of aliphatic hydroxyl groups is 8. The van der Waals surface area contributed by atoms with Gasteiger partial charge in [-0.3, -0.25) is 4.79 Å². The van der Waals surface area contributed by atoms with Gasteiger partial charge in [-0.15, -0.1) is 0 Å². The van der Waals surface area contributed by atoms with E-state index in [2.05, 4.69) is 43.5 Å². The molecule has 0 saturated carbocycles. The van der Waals surface area contributed by atoms with Crippen molar-refractivity contribution in [3.05, 3.63) is 36.5 Å². The van der Waals surface area contributed by atoms with E-state index in [0.29, 0.717) is 6.42 Å². The number of allylic oxidation sites excluding steroid dienone is 5. The van der Waals surface area contributed by atoms with E-state index < -0.39 is 86.8 Å². The third kappa shape index (κ3) is 31.6. The van der Waals surface area contributed by atoms with Gasteiger partial charge in [0.2, 0.25) is 5.91 Å². The molecule has 12 unspecified atom stereocenters. The summed E-state index contributed by atoms with van der Waals surface area (Å²) in [5, 5.41) is 87.1. The maximum Gasteiger partial charge on any atom is 0.220 e. The first-order chi connectivity index (χ1) is 36.1. The van der Waals surface area contributed by atoms with Crippen LogP contribution in [0.2, 0.25) is 0 Å². The minimum atomic E-state index is -1.79. The van der Waals surface area contributed by atoms with Crippen LogP contribution in [0.4, 0.5) is 0 Å². The summed E-state index contributed by atoms with van der Waals surface area (Å²) in [6.07, 6.45) is 39.0. The molecule has 2 saturated heterocycles. The quantitative estimate of drug-likeness (QED) is 0.0204. The fourth-order valence-electron chi connectivity index (χ4n) is 9.91. The van der Waals surface area contributed by atoms with Gasteiger partial charge in [-0.1, -0.05) is 224 Å². The van der Waals surface area contributed by atoms with Crippen molar-refractivity contribution in [3.8, 4) is 0 Å². The molecule has 2 fully saturated rings. The van der Waals surface area contributed by atoms with E-state index in [1.54, 1.807) is 6.08 Å². The predicted molar refractivity (Wildman–Crippen MR) is 295 cm³/mol. The number of rotatable bonds is 48. The number of nitrogens with one attached hydrogen (secondary N) is 1. The Labute approximate surface area is 449 Å². The molecule has 434 valence electrons. The summed E-state index contributed by atoms with van der Waals surface area (Å²) in [5.74, 6) is -0.252. The summed E-state index contributed by atoms with van der Waals surface area (Å²) in [6.45, 7) is 2.78. The monoisotopic (exact) mass is 1050 g/mol. The van der Waals surface area contributed by atoms with Gasteiger partial charge < -0.3 is 65.1 Å². The highest BCUT2D eigenvalue weighted by molar-refractivity contribution is 5.76. The highest BCUT2D eigenvalue weighted by Gasteiger charge is 2.51. The van der Waals surface area contributed by atoms with E-state index >= 15 is 0 Å². The van der Waals surface area contributed by atoms with Crippen LogP contribution in [0.25, 0.3) is 0 Å². The number of hydrogen-bond acceptors (Lipinski definition) is 13. The van der Waals surface area contributed by atoms with Gasteiger partial charge >= 0.3 is 0 Å². The lowest BCUT2D eigenvalue weighted by Crippen LogP contribution is -2.65. The van der Waals surface area contributed by atoms with Gasteiger partial charge in [-0.25, -0.2) is 0 Å². The van der Waals surface area contributed by atoms with Gasteiger partial charge in [0, 0.05) is 6.42 Å². The Hall–Kier alpha value is -1.79. The van der Waals surface area contributed by atoms with Crippen LogP contribution in [-0.4, -0.2) is 140 Å². The molecular weight excluding hydrogens is 943 g/mol. The lowest BCUT2D eigenvalue weighted by Gasteiger charge is -2.46. The molecule has 2 rings (SSSR count). The Balaban J connectivity index is 1.75. The van der Waals surface area contributed by atoms with Gasteiger partial charge in [0.25, 0.3) is 0 Å². The van der Waals surface area contributed by atoms with Crippen LogP contribution >= 0.6 is 0 Å². The molecule has 0 bridgehead atoms. The molecule has 0 aromatic rings. The van der Waals surface area contributed by atoms with Crippen molar-refractivity contribution < 1.29 is 64.6 Å². The summed E-state index contributed by atoms with van der Waals surface area (Å²) in [6, 6.07) is -0.922. The van der Waals surface area contributed by atoms with Crippen molar-refractivity contribution in [2.24, 2.45) is 0 Å². The standard InChI is InChI=1S/C60H111NO13/c1-3-5-7-9-11-13-15-17-19-20-21-22-23-24-25-26-27-28-30-31-33-35-37-39-41-43-49(64)48(61-52(65)44-42-40-38-36-34-32-29-18-16-14-12-10-8-6-4-2)47-71-59-57(70)55(68)58(51(46-63)73-59)74-60-56(69)54(67)53(66)50(45-62)72-60/h12,14,18,29,41,43,48-51,53-60,62-64,66-70H,3-11,13,15-17,19-28,30-40,42,44-47H2,1-2H3,(H,61,65)/b14-12-,29-18-,43-41+. The zero-order valence-electron chi connectivity index (χ0n) is 46.6. The van der Waals surface area contributed by atoms with Crippen LogP contribution in [0.15, 0.2) is 36.5 Å². The fraction of sp³-hybridized carbons (Fsp3) is 0.883. The normalized spacial score (nSPS) is 25.4. The maximum atomic E-state index is 13.2. The molecule has 74 heavy (non-hydrogen) atoms. The van der Waals surface area contributed by atoms with E-state index in [1.165, 1.54) is 154 Å². The van der Waals surface area contributed by atoms with Crippen LogP contribution < -0.4 is 5.32 Å². The van der Waals surface area contributed by atoms with Gasteiger partial charge in [0.1, 0.15) is 48.8 Å². The number of hydrogen-bond donors (Lipinski definition) is 9. The fourth-order valence-corrected chi connectivity index (χ4v) is 9.91. The average Bonchev–Trinajstić information content (AvgIpc) is 3.40. The Kier molecular flexibility index (Phi) is 42.6. The van der Waals surface area contributed by atoms with E-state index in [-0.39, 0.29) is 18.9 Å². The molecular formula is C60H111NO13. The molecule has 12 atom stereocenters. The summed E-state index contributed by atoms with van der Waals surface area (Å²) < 4.78 is 22.8. The largest absolute Gasteiger partial charge is 0.394 e. The number of amides is 1. The number of carbonyl (C=O) groups excluding carboxylic acids is 1. The van der Waals surface area contributed by atoms with Gasteiger partial charge in [-0.05, 0) is 51.4 Å². The van der Waals surface area contributed by atoms with E-state index in [4.69, 9.17) is 18.9 Å². The Bertz CT molecular complexity index is 1380. The molecule has 2 heterocycles. The first-order valence-electron chi connectivity index (χ1n) is 30.2. The second-order valence-corrected chi connectivity index (χ2v) is 21.5. The number of aliphatic hydroxyl groups excluding tert-OH is 8. The minimum Gasteiger partial charge on any atom is -0.394 e. The zero-order valence-corrected chi connectivity index (χ0v) is 46.6. The molecule has 0 aromatic heterocycles. The topological polar surface area (TPSA) is 228 Å². The van der Waals surface area contributed by atoms with Crippen LogP contribution in [0.3, 0.4) is 0 Å². The average molecular weight is 1050 g/mol. The van der Waals surface area contributed by atoms with Crippen molar-refractivity contribution in [2.45, 2.75) is 319 Å². The first-order valence-corrected chi connectivity index (χ1v) is 30.2. The molecule has 0 aliphatic carbocycles. The van der Waals surface area contributed by atoms with E-state index in [9.17, 15) is 45.6 Å². The molecule has 0 aromatic carbocycles. The zero-order chi connectivity index (χ0) is 53.9. The Morgan fingerprint density at radius 3 is 1.38 bits per heavy atom. The van der Waals surface area contributed by atoms with Crippen molar-refractivity contribution in [2.75, 3.05) is 19.8 Å². The van der Waals surface area contributed by atoms with Gasteiger partial charge in [-0.2, -0.15) is 0 Å². The van der Waals surface area contributed by atoms with Crippen molar-refractivity contribution in [1.29, 1.82) is 0 Å². The molecule has 9 N–H and O–H groups in total. The van der Waals surface area contributed by atoms with Crippen LogP contribution in [0, 0.1) is 0 Å². The van der Waals surface area contributed by atoms with Crippen molar-refractivity contribution >= 4 is 5.91 Å². The third-order valence-corrected chi connectivity index (χ3v) is 14.8. The second kappa shape index (κ2) is 46.2. The lowest BCUT2D eigenvalue weighted by molar-refractivity contribution is -0.359. The van der Waals surface area contributed by atoms with E-state index in [0.717, 1.165) is 64.2 Å². The summed E-state index contributed by atoms with van der Waals surface area (Å²) in [4.78, 5) is 13.2. The Morgan fingerprint density at radius 2 is 0.892 bits per heavy atom. The van der Waals surface area contributed by atoms with E-state index in [1.807, 2.05) is 6.08 Å². The number of ether oxygens (including phenoxy) is 4.